The zero-order valence-electron chi connectivity index (χ0n) is 12.7. The Kier molecular flexibility index (Phi) is 5.56. The second kappa shape index (κ2) is 7.41. The van der Waals surface area contributed by atoms with Gasteiger partial charge in [0.1, 0.15) is 5.82 Å². The molecule has 116 valence electrons. The number of methoxy groups -OCH3 is 1. The van der Waals surface area contributed by atoms with Crippen molar-refractivity contribution in [3.63, 3.8) is 0 Å². The highest BCUT2D eigenvalue weighted by Gasteiger charge is 2.21. The number of carbonyl (C=O) groups is 1. The zero-order chi connectivity index (χ0) is 15.2. The standard InChI is InChI=1S/C16H23FN2O2/c1-3-8-19-9-6-13(7-10-19)18-15-11-12(17)4-5-14(15)16(20)21-2/h4-5,11,13,18H,3,6-10H2,1-2H3. The molecule has 1 saturated heterocycles. The summed E-state index contributed by atoms with van der Waals surface area (Å²) in [4.78, 5) is 14.2. The van der Waals surface area contributed by atoms with Gasteiger partial charge in [0.15, 0.2) is 0 Å². The third kappa shape index (κ3) is 4.17. The van der Waals surface area contributed by atoms with Gasteiger partial charge in [-0.15, -0.1) is 0 Å². The maximum atomic E-state index is 13.4. The highest BCUT2D eigenvalue weighted by molar-refractivity contribution is 5.95. The fraction of sp³-hybridized carbons (Fsp3) is 0.562. The minimum Gasteiger partial charge on any atom is -0.465 e. The van der Waals surface area contributed by atoms with E-state index in [0.717, 1.165) is 38.9 Å². The van der Waals surface area contributed by atoms with Gasteiger partial charge in [0, 0.05) is 19.1 Å². The molecule has 1 aromatic carbocycles. The van der Waals surface area contributed by atoms with Gasteiger partial charge in [0.25, 0.3) is 0 Å². The molecular weight excluding hydrogens is 271 g/mol. The molecule has 1 aliphatic heterocycles. The monoisotopic (exact) mass is 294 g/mol. The molecule has 2 rings (SSSR count). The van der Waals surface area contributed by atoms with Crippen molar-refractivity contribution in [2.75, 3.05) is 32.1 Å². The molecule has 0 saturated carbocycles. The van der Waals surface area contributed by atoms with Gasteiger partial charge in [-0.1, -0.05) is 6.92 Å². The normalized spacial score (nSPS) is 16.7. The first-order chi connectivity index (χ1) is 10.1. The molecule has 1 N–H and O–H groups in total. The maximum Gasteiger partial charge on any atom is 0.339 e. The number of esters is 1. The molecule has 0 aromatic heterocycles. The minimum atomic E-state index is -0.444. The van der Waals surface area contributed by atoms with E-state index in [0.29, 0.717) is 11.3 Å². The SMILES string of the molecule is CCCN1CCC(Nc2cc(F)ccc2C(=O)OC)CC1. The molecule has 1 aliphatic rings. The van der Waals surface area contributed by atoms with Gasteiger partial charge in [0.2, 0.25) is 0 Å². The van der Waals surface area contributed by atoms with Crippen molar-refractivity contribution < 1.29 is 13.9 Å². The lowest BCUT2D eigenvalue weighted by Crippen LogP contribution is -2.39. The van der Waals surface area contributed by atoms with Gasteiger partial charge in [0.05, 0.1) is 18.4 Å². The molecule has 21 heavy (non-hydrogen) atoms. The number of anilines is 1. The van der Waals surface area contributed by atoms with Crippen molar-refractivity contribution in [2.24, 2.45) is 0 Å². The van der Waals surface area contributed by atoms with E-state index in [2.05, 4.69) is 17.1 Å². The van der Waals surface area contributed by atoms with E-state index in [-0.39, 0.29) is 11.9 Å². The predicted molar refractivity (Wildman–Crippen MR) is 81.1 cm³/mol. The van der Waals surface area contributed by atoms with Crippen molar-refractivity contribution in [1.82, 2.24) is 4.90 Å². The highest BCUT2D eigenvalue weighted by Crippen LogP contribution is 2.22. The van der Waals surface area contributed by atoms with E-state index in [1.54, 1.807) is 0 Å². The van der Waals surface area contributed by atoms with Gasteiger partial charge < -0.3 is 15.0 Å². The molecule has 1 fully saturated rings. The molecule has 0 radical (unpaired) electrons. The molecule has 0 amide bonds. The summed E-state index contributed by atoms with van der Waals surface area (Å²) in [5.74, 6) is -0.797. The van der Waals surface area contributed by atoms with Gasteiger partial charge in [-0.2, -0.15) is 0 Å². The lowest BCUT2D eigenvalue weighted by atomic mass is 10.0. The number of nitrogens with zero attached hydrogens (tertiary/aromatic N) is 1. The average Bonchev–Trinajstić information content (AvgIpc) is 2.49. The Morgan fingerprint density at radius 2 is 2.14 bits per heavy atom. The van der Waals surface area contributed by atoms with Crippen LogP contribution in [-0.2, 0) is 4.74 Å². The van der Waals surface area contributed by atoms with E-state index in [9.17, 15) is 9.18 Å². The van der Waals surface area contributed by atoms with Crippen LogP contribution in [0.1, 0.15) is 36.5 Å². The zero-order valence-corrected chi connectivity index (χ0v) is 12.7. The number of piperidine rings is 1. The number of carbonyl (C=O) groups excluding carboxylic acids is 1. The number of hydrogen-bond acceptors (Lipinski definition) is 4. The first-order valence-electron chi connectivity index (χ1n) is 7.50. The Bertz CT molecular complexity index is 485. The fourth-order valence-electron chi connectivity index (χ4n) is 2.76. The molecule has 4 nitrogen and oxygen atoms in total. The van der Waals surface area contributed by atoms with Crippen LogP contribution in [0.5, 0.6) is 0 Å². The Morgan fingerprint density at radius 3 is 2.76 bits per heavy atom. The molecule has 1 heterocycles. The van der Waals surface area contributed by atoms with Crippen LogP contribution < -0.4 is 5.32 Å². The second-order valence-electron chi connectivity index (χ2n) is 5.44. The maximum absolute atomic E-state index is 13.4. The first kappa shape index (κ1) is 15.8. The van der Waals surface area contributed by atoms with Crippen molar-refractivity contribution in [1.29, 1.82) is 0 Å². The summed E-state index contributed by atoms with van der Waals surface area (Å²) in [6, 6.07) is 4.38. The number of halogens is 1. The van der Waals surface area contributed by atoms with Gasteiger partial charge in [-0.25, -0.2) is 9.18 Å². The molecule has 0 bridgehead atoms. The lowest BCUT2D eigenvalue weighted by Gasteiger charge is -2.32. The van der Waals surface area contributed by atoms with Crippen LogP contribution in [-0.4, -0.2) is 43.7 Å². The third-order valence-corrected chi connectivity index (χ3v) is 3.87. The predicted octanol–water partition coefficient (Wildman–Crippen LogP) is 2.90. The van der Waals surface area contributed by atoms with Crippen molar-refractivity contribution in [2.45, 2.75) is 32.2 Å². The van der Waals surface area contributed by atoms with Crippen molar-refractivity contribution in [3.8, 4) is 0 Å². The van der Waals surface area contributed by atoms with Crippen LogP contribution in [0.4, 0.5) is 10.1 Å². The number of benzene rings is 1. The Labute approximate surface area is 125 Å². The van der Waals surface area contributed by atoms with Gasteiger partial charge in [-0.3, -0.25) is 0 Å². The van der Waals surface area contributed by atoms with E-state index in [4.69, 9.17) is 4.74 Å². The number of hydrogen-bond donors (Lipinski definition) is 1. The molecule has 0 spiro atoms. The topological polar surface area (TPSA) is 41.6 Å². The van der Waals surface area contributed by atoms with Crippen molar-refractivity contribution >= 4 is 11.7 Å². The summed E-state index contributed by atoms with van der Waals surface area (Å²) in [6.45, 7) is 5.38. The highest BCUT2D eigenvalue weighted by atomic mass is 19.1. The largest absolute Gasteiger partial charge is 0.465 e. The lowest BCUT2D eigenvalue weighted by molar-refractivity contribution is 0.0601. The smallest absolute Gasteiger partial charge is 0.339 e. The van der Waals surface area contributed by atoms with E-state index in [1.807, 2.05) is 0 Å². The van der Waals surface area contributed by atoms with Crippen molar-refractivity contribution in [3.05, 3.63) is 29.6 Å². The quantitative estimate of drug-likeness (QED) is 0.848. The van der Waals surface area contributed by atoms with Crippen LogP contribution in [0.25, 0.3) is 0 Å². The summed E-state index contributed by atoms with van der Waals surface area (Å²) < 4.78 is 18.2. The fourth-order valence-corrected chi connectivity index (χ4v) is 2.76. The van der Waals surface area contributed by atoms with Crippen LogP contribution in [0, 0.1) is 5.82 Å². The van der Waals surface area contributed by atoms with E-state index in [1.165, 1.54) is 25.3 Å². The third-order valence-electron chi connectivity index (χ3n) is 3.87. The Balaban J connectivity index is 2.03. The van der Waals surface area contributed by atoms with E-state index >= 15 is 0 Å². The van der Waals surface area contributed by atoms with Crippen LogP contribution in [0.3, 0.4) is 0 Å². The summed E-state index contributed by atoms with van der Waals surface area (Å²) in [5.41, 5.74) is 0.908. The number of rotatable bonds is 5. The number of likely N-dealkylation sites (tertiary alicyclic amines) is 1. The summed E-state index contributed by atoms with van der Waals surface area (Å²) in [7, 11) is 1.33. The van der Waals surface area contributed by atoms with E-state index < -0.39 is 5.97 Å². The molecule has 0 unspecified atom stereocenters. The molecule has 5 heteroatoms. The molecule has 0 aliphatic carbocycles. The minimum absolute atomic E-state index is 0.267. The first-order valence-corrected chi connectivity index (χ1v) is 7.50. The van der Waals surface area contributed by atoms with Crippen LogP contribution >= 0.6 is 0 Å². The molecule has 0 atom stereocenters. The van der Waals surface area contributed by atoms with Gasteiger partial charge >= 0.3 is 5.97 Å². The number of ether oxygens (including phenoxy) is 1. The van der Waals surface area contributed by atoms with Gasteiger partial charge in [-0.05, 0) is 44.0 Å². The second-order valence-corrected chi connectivity index (χ2v) is 5.44. The molecular formula is C16H23FN2O2. The van der Waals surface area contributed by atoms with Crippen LogP contribution in [0.2, 0.25) is 0 Å². The summed E-state index contributed by atoms with van der Waals surface area (Å²) in [5, 5.41) is 3.30. The summed E-state index contributed by atoms with van der Waals surface area (Å²) in [6.07, 6.45) is 3.16. The van der Waals surface area contributed by atoms with Crippen LogP contribution in [0.15, 0.2) is 18.2 Å². The Morgan fingerprint density at radius 1 is 1.43 bits per heavy atom. The molecule has 1 aromatic rings. The Hall–Kier alpha value is -1.62. The average molecular weight is 294 g/mol. The summed E-state index contributed by atoms with van der Waals surface area (Å²) >= 11 is 0. The number of nitrogens with one attached hydrogen (secondary N) is 1.